The van der Waals surface area contributed by atoms with Crippen LogP contribution in [0, 0.1) is 3.57 Å². The zero-order valence-electron chi connectivity index (χ0n) is 11.6. The summed E-state index contributed by atoms with van der Waals surface area (Å²) in [6.45, 7) is -0.791. The minimum Gasteiger partial charge on any atom is -0.394 e. The van der Waals surface area contributed by atoms with Crippen LogP contribution in [-0.2, 0) is 4.79 Å². The lowest BCUT2D eigenvalue weighted by Gasteiger charge is -2.25. The molecule has 0 saturated carbocycles. The number of ketones is 2. The summed E-state index contributed by atoms with van der Waals surface area (Å²) in [5.41, 5.74) is 5.84. The van der Waals surface area contributed by atoms with Crippen molar-refractivity contribution in [2.24, 2.45) is 5.73 Å². The van der Waals surface area contributed by atoms with Gasteiger partial charge < -0.3 is 26.2 Å². The van der Waals surface area contributed by atoms with Gasteiger partial charge in [0.25, 0.3) is 0 Å². The van der Waals surface area contributed by atoms with E-state index in [1.54, 1.807) is 24.3 Å². The van der Waals surface area contributed by atoms with Gasteiger partial charge in [0, 0.05) is 9.13 Å². The number of nitrogens with two attached hydrogens (primary N) is 1. The van der Waals surface area contributed by atoms with Crippen molar-refractivity contribution in [1.82, 2.24) is 0 Å². The van der Waals surface area contributed by atoms with Crippen LogP contribution in [-0.4, -0.2) is 63.0 Å². The van der Waals surface area contributed by atoms with Crippen LogP contribution in [0.25, 0.3) is 0 Å². The Morgan fingerprint density at radius 1 is 1.09 bits per heavy atom. The maximum absolute atomic E-state index is 11.9. The first-order valence-electron chi connectivity index (χ1n) is 6.50. The average molecular weight is 423 g/mol. The van der Waals surface area contributed by atoms with Crippen molar-refractivity contribution in [2.45, 2.75) is 30.8 Å². The Kier molecular flexibility index (Phi) is 7.53. The molecule has 0 aliphatic heterocycles. The second-order valence-corrected chi connectivity index (χ2v) is 6.08. The van der Waals surface area contributed by atoms with Crippen LogP contribution < -0.4 is 5.73 Å². The molecule has 7 nitrogen and oxygen atoms in total. The number of Topliss-reactive ketones (excluding diaryl/α,β-unsaturated/α-hetero) is 2. The summed E-state index contributed by atoms with van der Waals surface area (Å²) in [5.74, 6) is -1.22. The van der Waals surface area contributed by atoms with Crippen LogP contribution >= 0.6 is 22.6 Å². The Bertz CT molecular complexity index is 521. The number of halogens is 1. The Labute approximate surface area is 140 Å². The van der Waals surface area contributed by atoms with Crippen molar-refractivity contribution < 1.29 is 30.0 Å². The van der Waals surface area contributed by atoms with Gasteiger partial charge in [0.15, 0.2) is 11.6 Å². The number of hydrogen-bond donors (Lipinski definition) is 5. The molecule has 8 heteroatoms. The largest absolute Gasteiger partial charge is 0.394 e. The molecule has 4 atom stereocenters. The van der Waals surface area contributed by atoms with Crippen LogP contribution in [0.3, 0.4) is 0 Å². The molecule has 0 bridgehead atoms. The highest BCUT2D eigenvalue weighted by molar-refractivity contribution is 14.1. The van der Waals surface area contributed by atoms with Crippen LogP contribution in [0.4, 0.5) is 0 Å². The molecule has 22 heavy (non-hydrogen) atoms. The van der Waals surface area contributed by atoms with Crippen molar-refractivity contribution >= 4 is 34.2 Å². The summed E-state index contributed by atoms with van der Waals surface area (Å²) in [6, 6.07) is 5.04. The van der Waals surface area contributed by atoms with Gasteiger partial charge in [-0.3, -0.25) is 9.59 Å². The fourth-order valence-corrected chi connectivity index (χ4v) is 2.11. The summed E-state index contributed by atoms with van der Waals surface area (Å²) in [7, 11) is 0. The number of benzene rings is 1. The number of rotatable bonds is 8. The number of carbonyl (C=O) groups is 2. The van der Waals surface area contributed by atoms with Gasteiger partial charge in [-0.2, -0.15) is 0 Å². The Morgan fingerprint density at radius 2 is 1.64 bits per heavy atom. The molecule has 0 heterocycles. The van der Waals surface area contributed by atoms with E-state index in [-0.39, 0.29) is 0 Å². The smallest absolute Gasteiger partial charge is 0.170 e. The molecule has 0 aliphatic rings. The first-order chi connectivity index (χ1) is 10.3. The minimum atomic E-state index is -1.78. The van der Waals surface area contributed by atoms with E-state index in [2.05, 4.69) is 22.6 Å². The topological polar surface area (TPSA) is 141 Å². The average Bonchev–Trinajstić information content (AvgIpc) is 2.52. The molecule has 1 aromatic carbocycles. The summed E-state index contributed by atoms with van der Waals surface area (Å²) >= 11 is 2.08. The van der Waals surface area contributed by atoms with Crippen LogP contribution in [0.1, 0.15) is 16.8 Å². The van der Waals surface area contributed by atoms with E-state index in [0.29, 0.717) is 5.56 Å². The maximum Gasteiger partial charge on any atom is 0.170 e. The quantitative estimate of drug-likeness (QED) is 0.202. The third kappa shape index (κ3) is 5.07. The van der Waals surface area contributed by atoms with Gasteiger partial charge in [-0.1, -0.05) is 12.1 Å². The highest BCUT2D eigenvalue weighted by atomic mass is 127. The van der Waals surface area contributed by atoms with E-state index in [4.69, 9.17) is 10.8 Å². The van der Waals surface area contributed by atoms with Gasteiger partial charge in [0.1, 0.15) is 18.3 Å². The molecular weight excluding hydrogens is 405 g/mol. The number of hydrogen-bond acceptors (Lipinski definition) is 7. The third-order valence-corrected chi connectivity index (χ3v) is 3.89. The molecule has 1 rings (SSSR count). The fourth-order valence-electron chi connectivity index (χ4n) is 1.75. The number of carbonyl (C=O) groups excluding carboxylic acids is 2. The number of aliphatic hydroxyl groups excluding tert-OH is 4. The zero-order chi connectivity index (χ0) is 16.9. The third-order valence-electron chi connectivity index (χ3n) is 3.17. The van der Waals surface area contributed by atoms with Crippen molar-refractivity contribution in [3.8, 4) is 0 Å². The monoisotopic (exact) mass is 423 g/mol. The highest BCUT2D eigenvalue weighted by Crippen LogP contribution is 2.11. The predicted molar refractivity (Wildman–Crippen MR) is 86.2 cm³/mol. The Morgan fingerprint density at radius 3 is 2.14 bits per heavy atom. The molecule has 1 aromatic rings. The summed E-state index contributed by atoms with van der Waals surface area (Å²) < 4.78 is 0.939. The van der Waals surface area contributed by atoms with E-state index >= 15 is 0 Å². The summed E-state index contributed by atoms with van der Waals surface area (Å²) in [4.78, 5) is 23.8. The Balaban J connectivity index is 2.67. The molecule has 0 aliphatic carbocycles. The van der Waals surface area contributed by atoms with Crippen molar-refractivity contribution in [3.05, 3.63) is 33.4 Å². The second kappa shape index (κ2) is 8.65. The fraction of sp³-hybridized carbons (Fsp3) is 0.429. The van der Waals surface area contributed by atoms with Crippen molar-refractivity contribution in [2.75, 3.05) is 6.61 Å². The van der Waals surface area contributed by atoms with Gasteiger partial charge in [0.05, 0.1) is 19.1 Å². The van der Waals surface area contributed by atoms with Gasteiger partial charge in [-0.25, -0.2) is 0 Å². The van der Waals surface area contributed by atoms with E-state index in [0.717, 1.165) is 3.57 Å². The predicted octanol–water partition coefficient (Wildman–Crippen LogP) is -1.16. The maximum atomic E-state index is 11.9. The molecule has 0 aromatic heterocycles. The van der Waals surface area contributed by atoms with Gasteiger partial charge in [-0.15, -0.1) is 0 Å². The summed E-state index contributed by atoms with van der Waals surface area (Å²) in [6.07, 6.45) is -5.71. The molecule has 0 spiro atoms. The highest BCUT2D eigenvalue weighted by Gasteiger charge is 2.33. The molecule has 0 amide bonds. The SMILES string of the molecule is N[C@@H](C(=O)CC(=O)c1ccc(I)cc1)[C@@H](O)[C@H](O)[C@H](O)CO. The van der Waals surface area contributed by atoms with Crippen molar-refractivity contribution in [3.63, 3.8) is 0 Å². The van der Waals surface area contributed by atoms with E-state index in [1.165, 1.54) is 0 Å². The van der Waals surface area contributed by atoms with Gasteiger partial charge in [0.2, 0.25) is 0 Å². The normalized spacial score (nSPS) is 16.6. The molecular formula is C14H18INO6. The molecule has 0 fully saturated rings. The zero-order valence-corrected chi connectivity index (χ0v) is 13.8. The van der Waals surface area contributed by atoms with Crippen LogP contribution in [0.15, 0.2) is 24.3 Å². The second-order valence-electron chi connectivity index (χ2n) is 4.83. The Hall–Kier alpha value is -0.910. The van der Waals surface area contributed by atoms with Crippen LogP contribution in [0.2, 0.25) is 0 Å². The van der Waals surface area contributed by atoms with E-state index in [1.807, 2.05) is 0 Å². The number of aliphatic hydroxyl groups is 4. The van der Waals surface area contributed by atoms with Crippen molar-refractivity contribution in [1.29, 1.82) is 0 Å². The first kappa shape index (κ1) is 19.1. The molecule has 122 valence electrons. The van der Waals surface area contributed by atoms with Gasteiger partial charge >= 0.3 is 0 Å². The van der Waals surface area contributed by atoms with Gasteiger partial charge in [-0.05, 0) is 34.7 Å². The minimum absolute atomic E-state index is 0.339. The lowest BCUT2D eigenvalue weighted by atomic mass is 9.95. The lowest BCUT2D eigenvalue weighted by Crippen LogP contribution is -2.53. The van der Waals surface area contributed by atoms with E-state index < -0.39 is 48.9 Å². The molecule has 0 saturated heterocycles. The lowest BCUT2D eigenvalue weighted by molar-refractivity contribution is -0.128. The van der Waals surface area contributed by atoms with E-state index in [9.17, 15) is 24.9 Å². The molecule has 0 unspecified atom stereocenters. The summed E-state index contributed by atoms with van der Waals surface area (Å²) in [5, 5.41) is 37.1. The molecule has 0 radical (unpaired) electrons. The molecule has 6 N–H and O–H groups in total. The van der Waals surface area contributed by atoms with Crippen LogP contribution in [0.5, 0.6) is 0 Å². The first-order valence-corrected chi connectivity index (χ1v) is 7.58. The standard InChI is InChI=1S/C14H18INO6/c15-8-3-1-7(2-4-8)9(18)5-10(19)12(16)14(22)13(21)11(20)6-17/h1-4,11-14,17,20-22H,5-6,16H2/t11-,12+,13-,14-/m1/s1.